The molecule has 2 saturated heterocycles. The van der Waals surface area contributed by atoms with Crippen LogP contribution in [0.15, 0.2) is 5.16 Å². The monoisotopic (exact) mass is 296 g/mol. The van der Waals surface area contributed by atoms with E-state index in [1.807, 2.05) is 11.8 Å². The molecule has 0 aromatic carbocycles. The summed E-state index contributed by atoms with van der Waals surface area (Å²) in [4.78, 5) is 16.9. The first-order chi connectivity index (χ1) is 10.2. The number of amides is 1. The van der Waals surface area contributed by atoms with Crippen LogP contribution in [0, 0.1) is 5.92 Å². The molecular formula is C15H28N4O2. The van der Waals surface area contributed by atoms with Gasteiger partial charge in [0, 0.05) is 19.1 Å². The Kier molecular flexibility index (Phi) is 5.85. The molecule has 120 valence electrons. The Hall–Kier alpha value is -1.30. The van der Waals surface area contributed by atoms with Crippen LogP contribution in [0.25, 0.3) is 0 Å². The number of amidine groups is 1. The Morgan fingerprint density at radius 3 is 2.38 bits per heavy atom. The molecule has 0 aromatic rings. The third kappa shape index (κ3) is 3.87. The second kappa shape index (κ2) is 7.64. The van der Waals surface area contributed by atoms with Gasteiger partial charge in [-0.15, -0.1) is 0 Å². The predicted molar refractivity (Wildman–Crippen MR) is 82.2 cm³/mol. The largest absolute Gasteiger partial charge is 0.409 e. The van der Waals surface area contributed by atoms with Crippen molar-refractivity contribution in [2.24, 2.45) is 16.8 Å². The summed E-state index contributed by atoms with van der Waals surface area (Å²) in [6, 6.07) is 0.623. The lowest BCUT2D eigenvalue weighted by Crippen LogP contribution is -2.50. The van der Waals surface area contributed by atoms with E-state index in [-0.39, 0.29) is 11.7 Å². The summed E-state index contributed by atoms with van der Waals surface area (Å²) in [5.41, 5.74) is 5.62. The van der Waals surface area contributed by atoms with Crippen molar-refractivity contribution in [2.45, 2.75) is 51.5 Å². The van der Waals surface area contributed by atoms with Gasteiger partial charge in [-0.3, -0.25) is 4.79 Å². The fourth-order valence-electron chi connectivity index (χ4n) is 3.54. The number of carbonyl (C=O) groups excluding carboxylic acids is 1. The maximum atomic E-state index is 12.5. The van der Waals surface area contributed by atoms with Crippen LogP contribution in [0.2, 0.25) is 0 Å². The molecule has 21 heavy (non-hydrogen) atoms. The van der Waals surface area contributed by atoms with E-state index >= 15 is 0 Å². The molecule has 2 rings (SSSR count). The molecule has 3 N–H and O–H groups in total. The minimum absolute atomic E-state index is 0.00453. The topological polar surface area (TPSA) is 82.2 Å². The van der Waals surface area contributed by atoms with Crippen LogP contribution in [-0.4, -0.2) is 59.0 Å². The van der Waals surface area contributed by atoms with Crippen molar-refractivity contribution in [3.05, 3.63) is 0 Å². The minimum Gasteiger partial charge on any atom is -0.409 e. The lowest BCUT2D eigenvalue weighted by Gasteiger charge is -2.40. The molecule has 1 amide bonds. The predicted octanol–water partition coefficient (Wildman–Crippen LogP) is 1.24. The Bertz CT molecular complexity index is 372. The highest BCUT2D eigenvalue weighted by Gasteiger charge is 2.31. The van der Waals surface area contributed by atoms with Gasteiger partial charge in [0.15, 0.2) is 5.84 Å². The fraction of sp³-hybridized carbons (Fsp3) is 0.867. The minimum atomic E-state index is -0.485. The van der Waals surface area contributed by atoms with Gasteiger partial charge < -0.3 is 20.7 Å². The van der Waals surface area contributed by atoms with Crippen molar-refractivity contribution in [2.75, 3.05) is 26.2 Å². The van der Waals surface area contributed by atoms with Gasteiger partial charge in [0.25, 0.3) is 0 Å². The molecule has 0 aromatic heterocycles. The summed E-state index contributed by atoms with van der Waals surface area (Å²) in [6.07, 6.45) is 6.62. The molecule has 6 nitrogen and oxygen atoms in total. The Balaban J connectivity index is 1.86. The van der Waals surface area contributed by atoms with Gasteiger partial charge in [-0.05, 0) is 45.2 Å². The smallest absolute Gasteiger partial charge is 0.233 e. The number of nitrogens with two attached hydrogens (primary N) is 1. The molecular weight excluding hydrogens is 268 g/mol. The average Bonchev–Trinajstić information content (AvgIpc) is 2.56. The van der Waals surface area contributed by atoms with Crippen LogP contribution in [0.3, 0.4) is 0 Å². The Morgan fingerprint density at radius 1 is 1.24 bits per heavy atom. The van der Waals surface area contributed by atoms with Crippen molar-refractivity contribution >= 4 is 11.7 Å². The number of oxime groups is 1. The molecule has 2 aliphatic rings. The molecule has 0 spiro atoms. The van der Waals surface area contributed by atoms with Gasteiger partial charge in [-0.2, -0.15) is 0 Å². The molecule has 0 radical (unpaired) electrons. The number of rotatable bonds is 4. The van der Waals surface area contributed by atoms with E-state index in [1.54, 1.807) is 0 Å². The van der Waals surface area contributed by atoms with E-state index in [0.29, 0.717) is 12.5 Å². The van der Waals surface area contributed by atoms with E-state index in [9.17, 15) is 4.79 Å². The van der Waals surface area contributed by atoms with Crippen LogP contribution in [0.5, 0.6) is 0 Å². The van der Waals surface area contributed by atoms with Crippen molar-refractivity contribution in [3.63, 3.8) is 0 Å². The van der Waals surface area contributed by atoms with Gasteiger partial charge in [-0.1, -0.05) is 18.5 Å². The maximum Gasteiger partial charge on any atom is 0.233 e. The summed E-state index contributed by atoms with van der Waals surface area (Å²) < 4.78 is 0. The van der Waals surface area contributed by atoms with Gasteiger partial charge >= 0.3 is 0 Å². The summed E-state index contributed by atoms with van der Waals surface area (Å²) in [7, 11) is 0. The van der Waals surface area contributed by atoms with Gasteiger partial charge in [0.1, 0.15) is 0 Å². The number of carbonyl (C=O) groups is 1. The second-order valence-electron chi connectivity index (χ2n) is 6.14. The quantitative estimate of drug-likeness (QED) is 0.354. The van der Waals surface area contributed by atoms with E-state index < -0.39 is 5.92 Å². The molecule has 1 atom stereocenters. The highest BCUT2D eigenvalue weighted by Crippen LogP contribution is 2.22. The van der Waals surface area contributed by atoms with E-state index in [1.165, 1.54) is 32.4 Å². The normalized spacial score (nSPS) is 24.0. The van der Waals surface area contributed by atoms with Crippen molar-refractivity contribution in [3.8, 4) is 0 Å². The summed E-state index contributed by atoms with van der Waals surface area (Å²) in [6.45, 7) is 5.88. The van der Waals surface area contributed by atoms with E-state index in [4.69, 9.17) is 10.9 Å². The molecule has 2 fully saturated rings. The van der Waals surface area contributed by atoms with Crippen LogP contribution < -0.4 is 5.73 Å². The zero-order chi connectivity index (χ0) is 15.2. The van der Waals surface area contributed by atoms with Crippen LogP contribution in [-0.2, 0) is 4.79 Å². The highest BCUT2D eigenvalue weighted by molar-refractivity contribution is 6.02. The fourth-order valence-corrected chi connectivity index (χ4v) is 3.54. The number of likely N-dealkylation sites (tertiary alicyclic amines) is 2. The van der Waals surface area contributed by atoms with Crippen LogP contribution in [0.1, 0.15) is 45.4 Å². The lowest BCUT2D eigenvalue weighted by atomic mass is 9.97. The van der Waals surface area contributed by atoms with E-state index in [0.717, 1.165) is 25.9 Å². The summed E-state index contributed by atoms with van der Waals surface area (Å²) in [5, 5.41) is 11.8. The maximum absolute atomic E-state index is 12.5. The number of piperidine rings is 2. The zero-order valence-corrected chi connectivity index (χ0v) is 13.0. The summed E-state index contributed by atoms with van der Waals surface area (Å²) in [5.74, 6) is -0.452. The van der Waals surface area contributed by atoms with Crippen molar-refractivity contribution < 1.29 is 10.0 Å². The number of hydrogen-bond acceptors (Lipinski definition) is 4. The third-order valence-electron chi connectivity index (χ3n) is 4.86. The van der Waals surface area contributed by atoms with Gasteiger partial charge in [-0.25, -0.2) is 0 Å². The SMILES string of the molecule is CCC(C(=O)N1CCC(N2CCCCC2)CC1)C(N)=NO. The number of hydrogen-bond donors (Lipinski definition) is 2. The second-order valence-corrected chi connectivity index (χ2v) is 6.14. The zero-order valence-electron chi connectivity index (χ0n) is 13.0. The number of nitrogens with zero attached hydrogens (tertiary/aromatic N) is 3. The Labute approximate surface area is 127 Å². The summed E-state index contributed by atoms with van der Waals surface area (Å²) >= 11 is 0. The van der Waals surface area contributed by atoms with Gasteiger partial charge in [0.05, 0.1) is 5.92 Å². The average molecular weight is 296 g/mol. The first-order valence-electron chi connectivity index (χ1n) is 8.17. The molecule has 0 bridgehead atoms. The first-order valence-corrected chi connectivity index (χ1v) is 8.17. The molecule has 0 aliphatic carbocycles. The van der Waals surface area contributed by atoms with Crippen LogP contribution in [0.4, 0.5) is 0 Å². The first kappa shape index (κ1) is 16.1. The standard InChI is InChI=1S/C15H28N4O2/c1-2-13(14(16)17-21)15(20)19-10-6-12(7-11-19)18-8-4-3-5-9-18/h12-13,21H,2-11H2,1H3,(H2,16,17). The van der Waals surface area contributed by atoms with Crippen molar-refractivity contribution in [1.82, 2.24) is 9.80 Å². The lowest BCUT2D eigenvalue weighted by molar-refractivity contribution is -0.135. The molecule has 0 saturated carbocycles. The van der Waals surface area contributed by atoms with Gasteiger partial charge in [0.2, 0.25) is 5.91 Å². The molecule has 1 unspecified atom stereocenters. The molecule has 6 heteroatoms. The molecule has 2 heterocycles. The highest BCUT2D eigenvalue weighted by atomic mass is 16.4. The van der Waals surface area contributed by atoms with Crippen molar-refractivity contribution in [1.29, 1.82) is 0 Å². The van der Waals surface area contributed by atoms with Crippen LogP contribution >= 0.6 is 0 Å². The molecule has 2 aliphatic heterocycles. The van der Waals surface area contributed by atoms with E-state index in [2.05, 4.69) is 10.1 Å². The Morgan fingerprint density at radius 2 is 1.86 bits per heavy atom. The third-order valence-corrected chi connectivity index (χ3v) is 4.86.